The maximum atomic E-state index is 12.3. The normalized spacial score (nSPS) is 10.4. The van der Waals surface area contributed by atoms with Crippen LogP contribution in [-0.4, -0.2) is 28.8 Å². The first-order chi connectivity index (χ1) is 12.2. The van der Waals surface area contributed by atoms with Crippen molar-refractivity contribution in [1.82, 2.24) is 15.1 Å². The molecule has 2 heterocycles. The van der Waals surface area contributed by atoms with Crippen molar-refractivity contribution in [3.05, 3.63) is 76.1 Å². The summed E-state index contributed by atoms with van der Waals surface area (Å²) in [4.78, 5) is 24.0. The van der Waals surface area contributed by atoms with E-state index in [-0.39, 0.29) is 16.7 Å². The number of rotatable bonds is 6. The summed E-state index contributed by atoms with van der Waals surface area (Å²) in [7, 11) is 0. The Bertz CT molecular complexity index is 907. The van der Waals surface area contributed by atoms with Crippen LogP contribution in [0.25, 0.3) is 5.69 Å². The van der Waals surface area contributed by atoms with Crippen LogP contribution in [0, 0.1) is 0 Å². The van der Waals surface area contributed by atoms with Gasteiger partial charge in [0.15, 0.2) is 5.76 Å². The zero-order valence-electron chi connectivity index (χ0n) is 13.1. The third kappa shape index (κ3) is 3.89. The molecule has 0 atom stereocenters. The number of aromatic nitrogens is 2. The fraction of sp³-hybridized carbons (Fsp3) is 0.118. The summed E-state index contributed by atoms with van der Waals surface area (Å²) in [6.07, 6.45) is 2.91. The second-order valence-corrected chi connectivity index (χ2v) is 5.46. The number of amides is 1. The van der Waals surface area contributed by atoms with Crippen LogP contribution in [0.5, 0.6) is 0 Å². The molecule has 2 N–H and O–H groups in total. The zero-order chi connectivity index (χ0) is 17.6. The van der Waals surface area contributed by atoms with Gasteiger partial charge in [0.05, 0.1) is 23.8 Å². The first-order valence-electron chi connectivity index (χ1n) is 7.55. The molecule has 0 aliphatic rings. The predicted molar refractivity (Wildman–Crippen MR) is 94.4 cm³/mol. The van der Waals surface area contributed by atoms with Gasteiger partial charge in [-0.15, -0.1) is 0 Å². The fourth-order valence-electron chi connectivity index (χ4n) is 2.18. The predicted octanol–water partition coefficient (Wildman–Crippen LogP) is 2.32. The number of hydrogen-bond acceptors (Lipinski definition) is 5. The number of benzene rings is 1. The molecule has 0 radical (unpaired) electrons. The summed E-state index contributed by atoms with van der Waals surface area (Å²) in [5.74, 6) is -0.0688. The average Bonchev–Trinajstić information content (AvgIpc) is 3.17. The summed E-state index contributed by atoms with van der Waals surface area (Å²) in [6, 6.07) is 12.2. The maximum absolute atomic E-state index is 12.3. The summed E-state index contributed by atoms with van der Waals surface area (Å²) in [5, 5.41) is 9.82. The lowest BCUT2D eigenvalue weighted by Crippen LogP contribution is -2.29. The number of nitrogens with zero attached hydrogens (tertiary/aromatic N) is 2. The lowest BCUT2D eigenvalue weighted by Gasteiger charge is -2.10. The van der Waals surface area contributed by atoms with Crippen molar-refractivity contribution in [2.75, 3.05) is 18.4 Å². The molecule has 0 unspecified atom stereocenters. The molecular weight excluding hydrogens is 344 g/mol. The first kappa shape index (κ1) is 16.8. The number of nitrogens with one attached hydrogen (secondary N) is 2. The molecule has 3 rings (SSSR count). The fourth-order valence-corrected chi connectivity index (χ4v) is 2.37. The van der Waals surface area contributed by atoms with E-state index in [0.717, 1.165) is 0 Å². The van der Waals surface area contributed by atoms with Gasteiger partial charge < -0.3 is 15.1 Å². The van der Waals surface area contributed by atoms with Gasteiger partial charge in [-0.1, -0.05) is 29.8 Å². The molecule has 0 aliphatic carbocycles. The molecule has 25 heavy (non-hydrogen) atoms. The van der Waals surface area contributed by atoms with Gasteiger partial charge in [-0.05, 0) is 24.3 Å². The first-order valence-corrected chi connectivity index (χ1v) is 7.93. The molecule has 0 aliphatic heterocycles. The van der Waals surface area contributed by atoms with E-state index < -0.39 is 5.56 Å². The topological polar surface area (TPSA) is 89.2 Å². The minimum atomic E-state index is -0.419. The second-order valence-electron chi connectivity index (χ2n) is 5.08. The van der Waals surface area contributed by atoms with Crippen molar-refractivity contribution in [1.29, 1.82) is 0 Å². The van der Waals surface area contributed by atoms with Gasteiger partial charge in [-0.25, -0.2) is 0 Å². The Kier molecular flexibility index (Phi) is 5.15. The van der Waals surface area contributed by atoms with Crippen LogP contribution in [0.1, 0.15) is 10.6 Å². The molecule has 7 nitrogen and oxygen atoms in total. The van der Waals surface area contributed by atoms with Gasteiger partial charge in [-0.3, -0.25) is 9.59 Å². The zero-order valence-corrected chi connectivity index (χ0v) is 13.9. The lowest BCUT2D eigenvalue weighted by molar-refractivity contribution is 0.0927. The van der Waals surface area contributed by atoms with E-state index in [2.05, 4.69) is 15.7 Å². The highest BCUT2D eigenvalue weighted by atomic mass is 35.5. The number of anilines is 1. The Balaban J connectivity index is 1.61. The number of halogens is 1. The maximum Gasteiger partial charge on any atom is 0.292 e. The Labute approximate surface area is 148 Å². The minimum Gasteiger partial charge on any atom is -0.459 e. The smallest absolute Gasteiger partial charge is 0.292 e. The number of carbonyl (C=O) groups excluding carboxylic acids is 1. The summed E-state index contributed by atoms with van der Waals surface area (Å²) in [5.41, 5.74) is 0.621. The van der Waals surface area contributed by atoms with E-state index in [9.17, 15) is 9.59 Å². The second kappa shape index (κ2) is 7.67. The quantitative estimate of drug-likeness (QED) is 0.660. The van der Waals surface area contributed by atoms with Crippen LogP contribution < -0.4 is 16.2 Å². The van der Waals surface area contributed by atoms with Gasteiger partial charge in [0.25, 0.3) is 11.5 Å². The number of hydrogen-bond donors (Lipinski definition) is 2. The van der Waals surface area contributed by atoms with E-state index in [0.29, 0.717) is 24.5 Å². The highest BCUT2D eigenvalue weighted by Crippen LogP contribution is 2.16. The third-order valence-corrected chi connectivity index (χ3v) is 3.76. The van der Waals surface area contributed by atoms with Gasteiger partial charge in [0.1, 0.15) is 5.02 Å². The third-order valence-electron chi connectivity index (χ3n) is 3.39. The van der Waals surface area contributed by atoms with Crippen LogP contribution in [-0.2, 0) is 0 Å². The van der Waals surface area contributed by atoms with E-state index in [1.165, 1.54) is 17.1 Å². The van der Waals surface area contributed by atoms with Crippen LogP contribution >= 0.6 is 11.6 Å². The molecule has 0 spiro atoms. The van der Waals surface area contributed by atoms with Crippen molar-refractivity contribution in [2.45, 2.75) is 0 Å². The SMILES string of the molecule is O=C(NCCNc1cnn(-c2ccccc2)c(=O)c1Cl)c1ccco1. The summed E-state index contributed by atoms with van der Waals surface area (Å²) < 4.78 is 6.22. The molecule has 2 aromatic heterocycles. The van der Waals surface area contributed by atoms with Crippen LogP contribution in [0.15, 0.2) is 64.1 Å². The van der Waals surface area contributed by atoms with Gasteiger partial charge >= 0.3 is 0 Å². The van der Waals surface area contributed by atoms with E-state index >= 15 is 0 Å². The highest BCUT2D eigenvalue weighted by Gasteiger charge is 2.11. The standard InChI is InChI=1S/C17H15ClN4O3/c18-15-13(19-8-9-20-16(23)14-7-4-10-25-14)11-21-22(17(15)24)12-5-2-1-3-6-12/h1-7,10-11,19H,8-9H2,(H,20,23). The largest absolute Gasteiger partial charge is 0.459 e. The molecule has 0 bridgehead atoms. The van der Waals surface area contributed by atoms with Crippen molar-refractivity contribution in [2.24, 2.45) is 0 Å². The van der Waals surface area contributed by atoms with E-state index in [1.807, 2.05) is 18.2 Å². The monoisotopic (exact) mass is 358 g/mol. The molecule has 8 heteroatoms. The number of furan rings is 1. The van der Waals surface area contributed by atoms with Crippen molar-refractivity contribution in [3.8, 4) is 5.69 Å². The van der Waals surface area contributed by atoms with Crippen LogP contribution in [0.2, 0.25) is 5.02 Å². The summed E-state index contributed by atoms with van der Waals surface area (Å²) >= 11 is 6.13. The van der Waals surface area contributed by atoms with Crippen molar-refractivity contribution < 1.29 is 9.21 Å². The van der Waals surface area contributed by atoms with Crippen LogP contribution in [0.4, 0.5) is 5.69 Å². The molecule has 0 saturated carbocycles. The molecular formula is C17H15ClN4O3. The van der Waals surface area contributed by atoms with E-state index in [4.69, 9.17) is 16.0 Å². The Morgan fingerprint density at radius 2 is 1.96 bits per heavy atom. The molecule has 128 valence electrons. The lowest BCUT2D eigenvalue weighted by atomic mass is 10.3. The summed E-state index contributed by atoms with van der Waals surface area (Å²) in [6.45, 7) is 0.709. The Morgan fingerprint density at radius 3 is 2.68 bits per heavy atom. The average molecular weight is 359 g/mol. The van der Waals surface area contributed by atoms with Crippen LogP contribution in [0.3, 0.4) is 0 Å². The van der Waals surface area contributed by atoms with Gasteiger partial charge in [0.2, 0.25) is 0 Å². The van der Waals surface area contributed by atoms with Crippen molar-refractivity contribution >= 4 is 23.2 Å². The molecule has 1 aromatic carbocycles. The van der Waals surface area contributed by atoms with Gasteiger partial charge in [-0.2, -0.15) is 9.78 Å². The Hall–Kier alpha value is -3.06. The number of para-hydroxylation sites is 1. The molecule has 0 saturated heterocycles. The van der Waals surface area contributed by atoms with E-state index in [1.54, 1.807) is 24.3 Å². The molecule has 0 fully saturated rings. The molecule has 1 amide bonds. The highest BCUT2D eigenvalue weighted by molar-refractivity contribution is 6.32. The minimum absolute atomic E-state index is 0.0382. The Morgan fingerprint density at radius 1 is 1.16 bits per heavy atom. The van der Waals surface area contributed by atoms with Gasteiger partial charge in [0, 0.05) is 13.1 Å². The number of carbonyl (C=O) groups is 1. The van der Waals surface area contributed by atoms with Crippen molar-refractivity contribution in [3.63, 3.8) is 0 Å². The molecule has 3 aromatic rings.